The highest BCUT2D eigenvalue weighted by atomic mass is 16.6. The summed E-state index contributed by atoms with van der Waals surface area (Å²) < 4.78 is 11.1. The largest absolute Gasteiger partial charge is 0.444 e. The highest BCUT2D eigenvalue weighted by Crippen LogP contribution is 2.21. The van der Waals surface area contributed by atoms with Crippen LogP contribution in [-0.4, -0.2) is 45.8 Å². The maximum absolute atomic E-state index is 12.1. The number of amides is 1. The van der Waals surface area contributed by atoms with Crippen LogP contribution in [0.3, 0.4) is 0 Å². The first-order chi connectivity index (χ1) is 9.96. The van der Waals surface area contributed by atoms with Gasteiger partial charge in [0.05, 0.1) is 31.1 Å². The van der Waals surface area contributed by atoms with Gasteiger partial charge in [0.2, 0.25) is 0 Å². The number of likely N-dealkylation sites (tertiary alicyclic amines) is 1. The average molecular weight is 293 g/mol. The lowest BCUT2D eigenvalue weighted by atomic mass is 10.2. The van der Waals surface area contributed by atoms with Crippen LogP contribution in [0.15, 0.2) is 18.6 Å². The Morgan fingerprint density at radius 2 is 2.24 bits per heavy atom. The van der Waals surface area contributed by atoms with Crippen LogP contribution in [0.1, 0.15) is 39.3 Å². The van der Waals surface area contributed by atoms with Crippen molar-refractivity contribution < 1.29 is 14.3 Å². The number of carbonyl (C=O) groups excluding carboxylic acids is 1. The van der Waals surface area contributed by atoms with E-state index in [1.54, 1.807) is 23.5 Å². The second-order valence-electron chi connectivity index (χ2n) is 6.18. The molecule has 1 saturated heterocycles. The van der Waals surface area contributed by atoms with Gasteiger partial charge in [-0.3, -0.25) is 9.97 Å². The van der Waals surface area contributed by atoms with E-state index >= 15 is 0 Å². The van der Waals surface area contributed by atoms with Gasteiger partial charge < -0.3 is 14.4 Å². The molecular weight excluding hydrogens is 270 g/mol. The smallest absolute Gasteiger partial charge is 0.410 e. The van der Waals surface area contributed by atoms with Crippen LogP contribution in [0.5, 0.6) is 0 Å². The van der Waals surface area contributed by atoms with Crippen LogP contribution in [0.25, 0.3) is 0 Å². The summed E-state index contributed by atoms with van der Waals surface area (Å²) in [7, 11) is 0. The van der Waals surface area contributed by atoms with E-state index in [-0.39, 0.29) is 12.1 Å². The molecule has 2 heterocycles. The summed E-state index contributed by atoms with van der Waals surface area (Å²) in [6.07, 6.45) is 6.62. The van der Waals surface area contributed by atoms with Gasteiger partial charge in [-0.1, -0.05) is 0 Å². The molecule has 1 aliphatic heterocycles. The van der Waals surface area contributed by atoms with E-state index in [4.69, 9.17) is 9.47 Å². The molecule has 2 rings (SSSR count). The molecule has 116 valence electrons. The van der Waals surface area contributed by atoms with Gasteiger partial charge in [-0.25, -0.2) is 4.79 Å². The first-order valence-electron chi connectivity index (χ1n) is 7.28. The van der Waals surface area contributed by atoms with Crippen molar-refractivity contribution >= 4 is 6.09 Å². The standard InChI is InChI=1S/C15H23N3O3/c1-15(2,3)21-14(19)18-8-4-5-13(18)11-20-10-12-9-16-6-7-17-12/h6-7,9,13H,4-5,8,10-11H2,1-3H3/t13-/m1/s1. The average Bonchev–Trinajstić information content (AvgIpc) is 2.86. The zero-order valence-corrected chi connectivity index (χ0v) is 12.9. The lowest BCUT2D eigenvalue weighted by Crippen LogP contribution is -2.41. The van der Waals surface area contributed by atoms with Crippen molar-refractivity contribution in [3.05, 3.63) is 24.3 Å². The second-order valence-corrected chi connectivity index (χ2v) is 6.18. The molecule has 0 bridgehead atoms. The number of nitrogens with zero attached hydrogens (tertiary/aromatic N) is 3. The maximum Gasteiger partial charge on any atom is 0.410 e. The first-order valence-corrected chi connectivity index (χ1v) is 7.28. The molecule has 0 saturated carbocycles. The molecule has 0 unspecified atom stereocenters. The van der Waals surface area contributed by atoms with Crippen molar-refractivity contribution in [1.29, 1.82) is 0 Å². The minimum atomic E-state index is -0.468. The lowest BCUT2D eigenvalue weighted by molar-refractivity contribution is 0.00854. The van der Waals surface area contributed by atoms with Crippen molar-refractivity contribution in [1.82, 2.24) is 14.9 Å². The lowest BCUT2D eigenvalue weighted by Gasteiger charge is -2.28. The fourth-order valence-corrected chi connectivity index (χ4v) is 2.27. The van der Waals surface area contributed by atoms with Gasteiger partial charge in [0.1, 0.15) is 5.60 Å². The zero-order valence-electron chi connectivity index (χ0n) is 12.9. The summed E-state index contributed by atoms with van der Waals surface area (Å²) in [5, 5.41) is 0. The highest BCUT2D eigenvalue weighted by molar-refractivity contribution is 5.68. The van der Waals surface area contributed by atoms with E-state index < -0.39 is 5.60 Å². The second kappa shape index (κ2) is 6.85. The van der Waals surface area contributed by atoms with Gasteiger partial charge in [-0.2, -0.15) is 0 Å². The minimum absolute atomic E-state index is 0.0801. The summed E-state index contributed by atoms with van der Waals surface area (Å²) in [5.74, 6) is 0. The zero-order chi connectivity index (χ0) is 15.3. The van der Waals surface area contributed by atoms with E-state index in [9.17, 15) is 4.79 Å². The summed E-state index contributed by atoms with van der Waals surface area (Å²) in [6.45, 7) is 7.26. The van der Waals surface area contributed by atoms with Crippen molar-refractivity contribution in [2.45, 2.75) is 51.9 Å². The number of carbonyl (C=O) groups is 1. The molecule has 6 heteroatoms. The molecule has 1 amide bonds. The van der Waals surface area contributed by atoms with Gasteiger partial charge in [0.15, 0.2) is 0 Å². The molecule has 1 aromatic heterocycles. The molecule has 1 aromatic rings. The summed E-state index contributed by atoms with van der Waals surface area (Å²) in [4.78, 5) is 22.0. The minimum Gasteiger partial charge on any atom is -0.444 e. The number of ether oxygens (including phenoxy) is 2. The number of hydrogen-bond donors (Lipinski definition) is 0. The Morgan fingerprint density at radius 1 is 1.43 bits per heavy atom. The van der Waals surface area contributed by atoms with E-state index in [0.717, 1.165) is 25.1 Å². The summed E-state index contributed by atoms with van der Waals surface area (Å²) >= 11 is 0. The molecule has 0 spiro atoms. The van der Waals surface area contributed by atoms with Crippen molar-refractivity contribution in [2.24, 2.45) is 0 Å². The van der Waals surface area contributed by atoms with Crippen LogP contribution in [0, 0.1) is 0 Å². The SMILES string of the molecule is CC(C)(C)OC(=O)N1CCC[C@@H]1COCc1cnccn1. The number of hydrogen-bond acceptors (Lipinski definition) is 5. The fourth-order valence-electron chi connectivity index (χ4n) is 2.27. The molecule has 1 atom stereocenters. The Morgan fingerprint density at radius 3 is 2.90 bits per heavy atom. The van der Waals surface area contributed by atoms with E-state index in [2.05, 4.69) is 9.97 Å². The molecule has 0 aliphatic carbocycles. The van der Waals surface area contributed by atoms with Crippen LogP contribution in [0.2, 0.25) is 0 Å². The third kappa shape index (κ3) is 4.97. The first kappa shape index (κ1) is 15.7. The quantitative estimate of drug-likeness (QED) is 0.853. The molecular formula is C15H23N3O3. The third-order valence-corrected chi connectivity index (χ3v) is 3.18. The Bertz CT molecular complexity index is 459. The van der Waals surface area contributed by atoms with Crippen LogP contribution < -0.4 is 0 Å². The van der Waals surface area contributed by atoms with E-state index in [0.29, 0.717) is 13.2 Å². The molecule has 1 aliphatic rings. The number of aromatic nitrogens is 2. The number of rotatable bonds is 4. The molecule has 1 fully saturated rings. The topological polar surface area (TPSA) is 64.5 Å². The third-order valence-electron chi connectivity index (χ3n) is 3.18. The predicted octanol–water partition coefficient (Wildman–Crippen LogP) is 2.39. The van der Waals surface area contributed by atoms with Gasteiger partial charge >= 0.3 is 6.09 Å². The molecule has 0 N–H and O–H groups in total. The van der Waals surface area contributed by atoms with E-state index in [1.807, 2.05) is 20.8 Å². The molecule has 6 nitrogen and oxygen atoms in total. The Kier molecular flexibility index (Phi) is 5.12. The molecule has 0 aromatic carbocycles. The van der Waals surface area contributed by atoms with Crippen molar-refractivity contribution in [3.8, 4) is 0 Å². The van der Waals surface area contributed by atoms with Gasteiger partial charge in [0, 0.05) is 18.9 Å². The summed E-state index contributed by atoms with van der Waals surface area (Å²) in [5.41, 5.74) is 0.323. The van der Waals surface area contributed by atoms with Gasteiger partial charge in [-0.15, -0.1) is 0 Å². The predicted molar refractivity (Wildman–Crippen MR) is 77.7 cm³/mol. The fraction of sp³-hybridized carbons (Fsp3) is 0.667. The van der Waals surface area contributed by atoms with Gasteiger partial charge in [0.25, 0.3) is 0 Å². The monoisotopic (exact) mass is 293 g/mol. The van der Waals surface area contributed by atoms with Crippen molar-refractivity contribution in [2.75, 3.05) is 13.2 Å². The Hall–Kier alpha value is -1.69. The molecule has 0 radical (unpaired) electrons. The Labute approximate surface area is 125 Å². The van der Waals surface area contributed by atoms with E-state index in [1.165, 1.54) is 0 Å². The van der Waals surface area contributed by atoms with Crippen LogP contribution >= 0.6 is 0 Å². The normalized spacial score (nSPS) is 18.8. The maximum atomic E-state index is 12.1. The summed E-state index contributed by atoms with van der Waals surface area (Å²) in [6, 6.07) is 0.0801. The van der Waals surface area contributed by atoms with Gasteiger partial charge in [-0.05, 0) is 33.6 Å². The molecule has 21 heavy (non-hydrogen) atoms. The van der Waals surface area contributed by atoms with Crippen LogP contribution in [0.4, 0.5) is 4.79 Å². The van der Waals surface area contributed by atoms with Crippen molar-refractivity contribution in [3.63, 3.8) is 0 Å². The highest BCUT2D eigenvalue weighted by Gasteiger charge is 2.32. The Balaban J connectivity index is 1.80. The van der Waals surface area contributed by atoms with Crippen LogP contribution in [-0.2, 0) is 16.1 Å².